The summed E-state index contributed by atoms with van der Waals surface area (Å²) in [6.07, 6.45) is 15.9. The summed E-state index contributed by atoms with van der Waals surface area (Å²) in [5, 5.41) is 5.06. The van der Waals surface area contributed by atoms with Crippen molar-refractivity contribution in [1.29, 1.82) is 0 Å². The summed E-state index contributed by atoms with van der Waals surface area (Å²) < 4.78 is 2.50. The fraction of sp³-hybridized carbons (Fsp3) is 0.127. The molecule has 3 aliphatic carbocycles. The Morgan fingerprint density at radius 3 is 2.07 bits per heavy atom. The van der Waals surface area contributed by atoms with Crippen molar-refractivity contribution in [2.24, 2.45) is 0 Å². The molecule has 0 spiro atoms. The highest BCUT2D eigenvalue weighted by Crippen LogP contribution is 2.51. The van der Waals surface area contributed by atoms with Crippen molar-refractivity contribution in [2.45, 2.75) is 44.9 Å². The maximum absolute atomic E-state index is 2.50. The molecule has 57 heavy (non-hydrogen) atoms. The number of allylic oxidation sites excluding steroid dienone is 8. The Morgan fingerprint density at radius 1 is 0.509 bits per heavy atom. The maximum atomic E-state index is 2.50. The highest BCUT2D eigenvalue weighted by atomic mass is 15.1. The van der Waals surface area contributed by atoms with Crippen LogP contribution in [0.3, 0.4) is 0 Å². The summed E-state index contributed by atoms with van der Waals surface area (Å²) in [5.74, 6) is 0. The van der Waals surface area contributed by atoms with Gasteiger partial charge in [0.05, 0.1) is 16.7 Å². The fourth-order valence-electron chi connectivity index (χ4n) is 9.88. The van der Waals surface area contributed by atoms with E-state index in [-0.39, 0.29) is 5.41 Å². The Kier molecular flexibility index (Phi) is 7.83. The summed E-state index contributed by atoms with van der Waals surface area (Å²) in [6.45, 7) is 4.72. The summed E-state index contributed by atoms with van der Waals surface area (Å²) in [5.41, 5.74) is 18.1. The quantitative estimate of drug-likeness (QED) is 0.165. The number of hydrogen-bond acceptors (Lipinski definition) is 1. The normalized spacial score (nSPS) is 15.6. The molecule has 0 N–H and O–H groups in total. The molecule has 1 aromatic heterocycles. The molecule has 0 aliphatic heterocycles. The molecule has 0 bridgehead atoms. The van der Waals surface area contributed by atoms with Gasteiger partial charge in [-0.1, -0.05) is 141 Å². The van der Waals surface area contributed by atoms with E-state index in [1.165, 1.54) is 94.2 Å². The highest BCUT2D eigenvalue weighted by molar-refractivity contribution is 6.11. The monoisotopic (exact) mass is 732 g/mol. The minimum atomic E-state index is -0.0876. The number of nitrogens with zero attached hydrogens (tertiary/aromatic N) is 2. The first kappa shape index (κ1) is 33.7. The van der Waals surface area contributed by atoms with Gasteiger partial charge in [0.1, 0.15) is 0 Å². The van der Waals surface area contributed by atoms with Crippen LogP contribution in [0.4, 0.5) is 17.1 Å². The molecule has 7 aromatic carbocycles. The Morgan fingerprint density at radius 2 is 1.23 bits per heavy atom. The van der Waals surface area contributed by atoms with Crippen LogP contribution in [0, 0.1) is 0 Å². The number of benzene rings is 7. The Bertz CT molecular complexity index is 3030. The van der Waals surface area contributed by atoms with Gasteiger partial charge >= 0.3 is 0 Å². The van der Waals surface area contributed by atoms with Gasteiger partial charge in [0.2, 0.25) is 0 Å². The molecule has 2 heteroatoms. The summed E-state index contributed by atoms with van der Waals surface area (Å²) in [7, 11) is 0. The molecule has 0 unspecified atom stereocenters. The molecule has 0 fully saturated rings. The van der Waals surface area contributed by atoms with Gasteiger partial charge in [-0.25, -0.2) is 0 Å². The minimum Gasteiger partial charge on any atom is -0.313 e. The smallest absolute Gasteiger partial charge is 0.0540 e. The molecule has 0 saturated heterocycles. The third kappa shape index (κ3) is 5.46. The largest absolute Gasteiger partial charge is 0.313 e. The van der Waals surface area contributed by atoms with Crippen LogP contribution >= 0.6 is 0 Å². The van der Waals surface area contributed by atoms with Crippen molar-refractivity contribution in [3.05, 3.63) is 204 Å². The van der Waals surface area contributed by atoms with E-state index < -0.39 is 0 Å². The van der Waals surface area contributed by atoms with Crippen molar-refractivity contribution >= 4 is 55.3 Å². The number of fused-ring (bicyclic) bond motifs is 7. The first-order valence-corrected chi connectivity index (χ1v) is 20.5. The zero-order valence-electron chi connectivity index (χ0n) is 32.5. The van der Waals surface area contributed by atoms with E-state index in [2.05, 4.69) is 205 Å². The molecule has 2 nitrogen and oxygen atoms in total. The molecule has 3 aliphatic rings. The number of hydrogen-bond donors (Lipinski definition) is 0. The second-order valence-electron chi connectivity index (χ2n) is 16.4. The van der Waals surface area contributed by atoms with Crippen LogP contribution in [0.15, 0.2) is 193 Å². The van der Waals surface area contributed by atoms with Crippen molar-refractivity contribution in [2.75, 3.05) is 4.90 Å². The van der Waals surface area contributed by atoms with Crippen LogP contribution in [-0.4, -0.2) is 4.57 Å². The lowest BCUT2D eigenvalue weighted by molar-refractivity contribution is 0.660. The molecule has 274 valence electrons. The number of para-hydroxylation sites is 1. The van der Waals surface area contributed by atoms with E-state index >= 15 is 0 Å². The van der Waals surface area contributed by atoms with Crippen molar-refractivity contribution in [3.63, 3.8) is 0 Å². The Labute approximate surface area is 335 Å². The van der Waals surface area contributed by atoms with Gasteiger partial charge in [0, 0.05) is 38.6 Å². The lowest BCUT2D eigenvalue weighted by Crippen LogP contribution is -2.16. The van der Waals surface area contributed by atoms with E-state index in [1.807, 2.05) is 0 Å². The van der Waals surface area contributed by atoms with Crippen LogP contribution in [0.2, 0.25) is 0 Å². The zero-order valence-corrected chi connectivity index (χ0v) is 32.5. The molecule has 0 atom stereocenters. The van der Waals surface area contributed by atoms with Gasteiger partial charge in [-0.3, -0.25) is 0 Å². The highest BCUT2D eigenvalue weighted by Gasteiger charge is 2.35. The van der Waals surface area contributed by atoms with E-state index in [4.69, 9.17) is 0 Å². The lowest BCUT2D eigenvalue weighted by Gasteiger charge is -2.29. The average molecular weight is 733 g/mol. The first-order chi connectivity index (χ1) is 28.0. The summed E-state index contributed by atoms with van der Waals surface area (Å²) in [4.78, 5) is 2.45. The zero-order chi connectivity index (χ0) is 38.1. The van der Waals surface area contributed by atoms with Gasteiger partial charge in [-0.05, 0) is 130 Å². The van der Waals surface area contributed by atoms with Gasteiger partial charge < -0.3 is 9.47 Å². The fourth-order valence-corrected chi connectivity index (χ4v) is 9.88. The summed E-state index contributed by atoms with van der Waals surface area (Å²) in [6, 6.07) is 56.5. The first-order valence-electron chi connectivity index (χ1n) is 20.5. The molecule has 8 aromatic rings. The van der Waals surface area contributed by atoms with Crippen molar-refractivity contribution in [1.82, 2.24) is 4.57 Å². The minimum absolute atomic E-state index is 0.0876. The van der Waals surface area contributed by atoms with E-state index in [1.54, 1.807) is 0 Å². The molecule has 1 heterocycles. The SMILES string of the molecule is CC1(C)c2ccccc2-c2ccc(N(c3ccc(-c4ccc5c(c4)c4ccccc4n5C4=CC=C(C5=CC=CCC5)CC4)cc3)c3cccc4ccccc34)cc21. The second kappa shape index (κ2) is 13.2. The lowest BCUT2D eigenvalue weighted by atomic mass is 9.82. The van der Waals surface area contributed by atoms with Crippen molar-refractivity contribution in [3.8, 4) is 22.3 Å². The predicted octanol–water partition coefficient (Wildman–Crippen LogP) is 15.2. The molecule has 0 saturated carbocycles. The molecular weight excluding hydrogens is 689 g/mol. The van der Waals surface area contributed by atoms with E-state index in [0.29, 0.717) is 0 Å². The average Bonchev–Trinajstić information content (AvgIpc) is 3.72. The molecular formula is C55H44N2. The van der Waals surface area contributed by atoms with Crippen LogP contribution < -0.4 is 4.90 Å². The Hall–Kier alpha value is -6.64. The van der Waals surface area contributed by atoms with Crippen molar-refractivity contribution < 1.29 is 0 Å². The molecule has 0 amide bonds. The maximum Gasteiger partial charge on any atom is 0.0540 e. The predicted molar refractivity (Wildman–Crippen MR) is 243 cm³/mol. The van der Waals surface area contributed by atoms with Gasteiger partial charge in [-0.2, -0.15) is 0 Å². The van der Waals surface area contributed by atoms with Gasteiger partial charge in [0.25, 0.3) is 0 Å². The topological polar surface area (TPSA) is 8.17 Å². The van der Waals surface area contributed by atoms with Gasteiger partial charge in [-0.15, -0.1) is 0 Å². The van der Waals surface area contributed by atoms with Crippen LogP contribution in [0.5, 0.6) is 0 Å². The van der Waals surface area contributed by atoms with Crippen LogP contribution in [0.1, 0.15) is 50.7 Å². The number of rotatable bonds is 6. The molecule has 0 radical (unpaired) electrons. The van der Waals surface area contributed by atoms with Crippen LogP contribution in [-0.2, 0) is 5.41 Å². The van der Waals surface area contributed by atoms with Gasteiger partial charge in [0.15, 0.2) is 0 Å². The van der Waals surface area contributed by atoms with Crippen LogP contribution in [0.25, 0.3) is 60.5 Å². The third-order valence-corrected chi connectivity index (χ3v) is 12.8. The van der Waals surface area contributed by atoms with E-state index in [0.717, 1.165) is 31.4 Å². The standard InChI is InChI=1S/C55H44N2/c1-55(2)50-20-10-8-18-46(50)47-33-32-44(36-51(47)55)56(52-22-12-16-40-15-6-7-17-45(40)52)42-28-25-39(26-29-42)41-27-34-54-49(35-41)48-19-9-11-21-53(48)57(54)43-30-23-38(24-31-43)37-13-4-3-5-14-37/h3-4,6-13,15-23,25-30,32-36H,5,14,24,31H2,1-2H3. The Balaban J connectivity index is 0.996. The van der Waals surface area contributed by atoms with E-state index in [9.17, 15) is 0 Å². The third-order valence-electron chi connectivity index (χ3n) is 12.8. The second-order valence-corrected chi connectivity index (χ2v) is 16.4. The number of anilines is 3. The number of aromatic nitrogens is 1. The molecule has 11 rings (SSSR count). The summed E-state index contributed by atoms with van der Waals surface area (Å²) >= 11 is 0.